The number of carbonyl (C=O) groups is 2. The minimum absolute atomic E-state index is 0.00909. The molecule has 11 heteroatoms. The number of methoxy groups -OCH3 is 1. The van der Waals surface area contributed by atoms with Crippen molar-refractivity contribution in [2.24, 2.45) is 0 Å². The third-order valence-electron chi connectivity index (χ3n) is 5.51. The molecular formula is C26H21ClN2O7S. The molecule has 1 heterocycles. The van der Waals surface area contributed by atoms with Crippen LogP contribution in [0.15, 0.2) is 82.5 Å². The molecule has 0 aliphatic heterocycles. The van der Waals surface area contributed by atoms with Crippen LogP contribution in [0, 0.1) is 0 Å². The van der Waals surface area contributed by atoms with Crippen molar-refractivity contribution in [1.82, 2.24) is 9.88 Å². The predicted molar refractivity (Wildman–Crippen MR) is 138 cm³/mol. The van der Waals surface area contributed by atoms with Crippen LogP contribution in [0.1, 0.15) is 15.9 Å². The van der Waals surface area contributed by atoms with E-state index in [4.69, 9.17) is 16.3 Å². The van der Waals surface area contributed by atoms with Crippen LogP contribution in [0.25, 0.3) is 16.6 Å². The zero-order valence-electron chi connectivity index (χ0n) is 19.7. The first kappa shape index (κ1) is 25.9. The van der Waals surface area contributed by atoms with Crippen LogP contribution in [0.3, 0.4) is 0 Å². The molecular weight excluding hydrogens is 520 g/mol. The molecule has 0 spiro atoms. The van der Waals surface area contributed by atoms with Crippen LogP contribution in [0.5, 0.6) is 5.88 Å². The average molecular weight is 541 g/mol. The zero-order valence-corrected chi connectivity index (χ0v) is 21.3. The Balaban J connectivity index is 1.83. The number of hydrogen-bond donors (Lipinski definition) is 1. The Bertz CT molecular complexity index is 1670. The standard InChI is InChI=1S/C26H21ClN2O7S/c1-35-26(32)36-25-21(15-28-24(31)16-8-11-19(12-9-16)37(2,33)34)23(30)20-13-10-17(27)14-22(20)29(25)18-6-4-3-5-7-18/h3-14H,15H2,1-2H3,(H,28,31). The van der Waals surface area contributed by atoms with Crippen LogP contribution < -0.4 is 15.5 Å². The number of fused-ring (bicyclic) bond motifs is 1. The lowest BCUT2D eigenvalue weighted by Crippen LogP contribution is -2.29. The summed E-state index contributed by atoms with van der Waals surface area (Å²) < 4.78 is 35.0. The van der Waals surface area contributed by atoms with Gasteiger partial charge in [0.25, 0.3) is 5.91 Å². The molecule has 37 heavy (non-hydrogen) atoms. The fourth-order valence-electron chi connectivity index (χ4n) is 3.73. The van der Waals surface area contributed by atoms with Crippen molar-refractivity contribution in [3.63, 3.8) is 0 Å². The molecule has 1 amide bonds. The van der Waals surface area contributed by atoms with Crippen LogP contribution in [0.4, 0.5) is 4.79 Å². The van der Waals surface area contributed by atoms with E-state index in [1.54, 1.807) is 53.1 Å². The number of rotatable bonds is 6. The van der Waals surface area contributed by atoms with Crippen molar-refractivity contribution in [2.75, 3.05) is 13.4 Å². The van der Waals surface area contributed by atoms with E-state index in [2.05, 4.69) is 10.1 Å². The molecule has 4 rings (SSSR count). The maximum absolute atomic E-state index is 13.5. The molecule has 9 nitrogen and oxygen atoms in total. The predicted octanol–water partition coefficient (Wildman–Crippen LogP) is 4.12. The normalized spacial score (nSPS) is 11.2. The number of sulfone groups is 1. The summed E-state index contributed by atoms with van der Waals surface area (Å²) in [7, 11) is -2.29. The van der Waals surface area contributed by atoms with Gasteiger partial charge in [-0.25, -0.2) is 13.2 Å². The second-order valence-corrected chi connectivity index (χ2v) is 10.4. The molecule has 0 radical (unpaired) electrons. The molecule has 0 fully saturated rings. The van der Waals surface area contributed by atoms with E-state index in [1.165, 1.54) is 24.3 Å². The fraction of sp³-hybridized carbons (Fsp3) is 0.115. The average Bonchev–Trinajstić information content (AvgIpc) is 2.88. The number of halogens is 1. The quantitative estimate of drug-likeness (QED) is 0.365. The van der Waals surface area contributed by atoms with Gasteiger partial charge in [-0.05, 0) is 54.6 Å². The summed E-state index contributed by atoms with van der Waals surface area (Å²) in [4.78, 5) is 38.6. The first-order chi connectivity index (χ1) is 17.6. The van der Waals surface area contributed by atoms with Gasteiger partial charge in [0.1, 0.15) is 0 Å². The number of pyridine rings is 1. The number of nitrogens with one attached hydrogen (secondary N) is 1. The minimum Gasteiger partial charge on any atom is -0.437 e. The summed E-state index contributed by atoms with van der Waals surface area (Å²) in [5.74, 6) is -0.712. The number of benzene rings is 3. The second-order valence-electron chi connectivity index (χ2n) is 7.98. The van der Waals surface area contributed by atoms with Crippen molar-refractivity contribution >= 4 is 44.4 Å². The van der Waals surface area contributed by atoms with E-state index in [-0.39, 0.29) is 33.8 Å². The minimum atomic E-state index is -3.43. The number of amides is 1. The van der Waals surface area contributed by atoms with E-state index in [9.17, 15) is 22.8 Å². The van der Waals surface area contributed by atoms with Gasteiger partial charge in [-0.1, -0.05) is 29.8 Å². The Morgan fingerprint density at radius 3 is 2.30 bits per heavy atom. The third kappa shape index (κ3) is 5.50. The molecule has 0 saturated heterocycles. The maximum Gasteiger partial charge on any atom is 0.514 e. The van der Waals surface area contributed by atoms with Gasteiger partial charge in [-0.15, -0.1) is 0 Å². The van der Waals surface area contributed by atoms with Crippen molar-refractivity contribution in [2.45, 2.75) is 11.4 Å². The highest BCUT2D eigenvalue weighted by atomic mass is 35.5. The van der Waals surface area contributed by atoms with Gasteiger partial charge in [0.15, 0.2) is 15.3 Å². The number of ether oxygens (including phenoxy) is 2. The van der Waals surface area contributed by atoms with E-state index in [0.717, 1.165) is 13.4 Å². The summed E-state index contributed by atoms with van der Waals surface area (Å²) in [6.07, 6.45) is 0.00432. The second kappa shape index (κ2) is 10.5. The van der Waals surface area contributed by atoms with Crippen LogP contribution in [-0.2, 0) is 21.1 Å². The summed E-state index contributed by atoms with van der Waals surface area (Å²) in [6, 6.07) is 18.9. The van der Waals surface area contributed by atoms with Gasteiger partial charge in [-0.2, -0.15) is 0 Å². The van der Waals surface area contributed by atoms with Gasteiger partial charge >= 0.3 is 6.16 Å². The van der Waals surface area contributed by atoms with E-state index in [0.29, 0.717) is 16.2 Å². The Labute approximate surface area is 217 Å². The Morgan fingerprint density at radius 2 is 1.68 bits per heavy atom. The molecule has 1 N–H and O–H groups in total. The van der Waals surface area contributed by atoms with E-state index in [1.807, 2.05) is 0 Å². The number of nitrogens with zero attached hydrogens (tertiary/aromatic N) is 1. The Hall–Kier alpha value is -4.15. The molecule has 0 atom stereocenters. The van der Waals surface area contributed by atoms with Crippen molar-refractivity contribution in [3.05, 3.63) is 99.2 Å². The van der Waals surface area contributed by atoms with Crippen molar-refractivity contribution in [3.8, 4) is 11.6 Å². The number of carbonyl (C=O) groups excluding carboxylic acids is 2. The van der Waals surface area contributed by atoms with Gasteiger partial charge in [-0.3, -0.25) is 14.2 Å². The van der Waals surface area contributed by atoms with Crippen molar-refractivity contribution in [1.29, 1.82) is 0 Å². The molecule has 0 saturated carbocycles. The lowest BCUT2D eigenvalue weighted by molar-refractivity contribution is 0.0950. The highest BCUT2D eigenvalue weighted by Crippen LogP contribution is 2.29. The molecule has 190 valence electrons. The first-order valence-electron chi connectivity index (χ1n) is 10.9. The Kier molecular flexibility index (Phi) is 7.33. The number of hydrogen-bond acceptors (Lipinski definition) is 7. The highest BCUT2D eigenvalue weighted by Gasteiger charge is 2.23. The molecule has 0 unspecified atom stereocenters. The van der Waals surface area contributed by atoms with Gasteiger partial charge in [0, 0.05) is 27.9 Å². The molecule has 0 bridgehead atoms. The van der Waals surface area contributed by atoms with Crippen molar-refractivity contribution < 1.29 is 27.5 Å². The highest BCUT2D eigenvalue weighted by molar-refractivity contribution is 7.90. The monoisotopic (exact) mass is 540 g/mol. The van der Waals surface area contributed by atoms with Gasteiger partial charge < -0.3 is 14.8 Å². The topological polar surface area (TPSA) is 121 Å². The SMILES string of the molecule is COC(=O)Oc1c(CNC(=O)c2ccc(S(C)(=O)=O)cc2)c(=O)c2ccc(Cl)cc2n1-c1ccccc1. The Morgan fingerprint density at radius 1 is 1.00 bits per heavy atom. The summed E-state index contributed by atoms with van der Waals surface area (Å²) >= 11 is 6.22. The van der Waals surface area contributed by atoms with E-state index < -0.39 is 27.3 Å². The molecule has 0 aliphatic rings. The lowest BCUT2D eigenvalue weighted by atomic mass is 10.1. The largest absolute Gasteiger partial charge is 0.514 e. The van der Waals surface area contributed by atoms with Crippen LogP contribution >= 0.6 is 11.6 Å². The van der Waals surface area contributed by atoms with E-state index >= 15 is 0 Å². The maximum atomic E-state index is 13.5. The van der Waals surface area contributed by atoms with Gasteiger partial charge in [0.2, 0.25) is 5.88 Å². The smallest absolute Gasteiger partial charge is 0.437 e. The molecule has 3 aromatic carbocycles. The summed E-state index contributed by atoms with van der Waals surface area (Å²) in [5.41, 5.74) is 0.640. The third-order valence-corrected chi connectivity index (χ3v) is 6.88. The van der Waals surface area contributed by atoms with Gasteiger partial charge in [0.05, 0.1) is 29.6 Å². The van der Waals surface area contributed by atoms with Crippen LogP contribution in [-0.4, -0.2) is 38.4 Å². The van der Waals surface area contributed by atoms with Crippen LogP contribution in [0.2, 0.25) is 5.02 Å². The first-order valence-corrected chi connectivity index (χ1v) is 13.1. The molecule has 1 aromatic heterocycles. The number of aromatic nitrogens is 1. The molecule has 4 aromatic rings. The fourth-order valence-corrected chi connectivity index (χ4v) is 4.52. The zero-order chi connectivity index (χ0) is 26.7. The number of para-hydroxylation sites is 1. The summed E-state index contributed by atoms with van der Waals surface area (Å²) in [5, 5.41) is 3.29. The summed E-state index contributed by atoms with van der Waals surface area (Å²) in [6.45, 7) is -0.302. The lowest BCUT2D eigenvalue weighted by Gasteiger charge is -2.20. The molecule has 0 aliphatic carbocycles.